The lowest BCUT2D eigenvalue weighted by Crippen LogP contribution is -2.43. The Bertz CT molecular complexity index is 914. The average molecular weight is 555 g/mol. The molecule has 3 atom stereocenters. The summed E-state index contributed by atoms with van der Waals surface area (Å²) in [4.78, 5) is 39.2. The van der Waals surface area contributed by atoms with Crippen LogP contribution in [0.25, 0.3) is 0 Å². The lowest BCUT2D eigenvalue weighted by molar-refractivity contribution is -0.155. The molecule has 0 spiro atoms. The van der Waals surface area contributed by atoms with E-state index < -0.39 is 35.0 Å². The first-order valence-electron chi connectivity index (χ1n) is 11.8. The highest BCUT2D eigenvalue weighted by molar-refractivity contribution is 9.10. The molecule has 0 N–H and O–H groups in total. The number of nitrogens with zero attached hydrogens (tertiary/aromatic N) is 1. The first-order chi connectivity index (χ1) is 16.4. The molecule has 2 fully saturated rings. The largest absolute Gasteiger partial charge is 0.463 e. The number of esters is 1. The monoisotopic (exact) mass is 553 g/mol. The summed E-state index contributed by atoms with van der Waals surface area (Å²) in [5.41, 5.74) is 0. The summed E-state index contributed by atoms with van der Waals surface area (Å²) in [7, 11) is 1.14. The van der Waals surface area contributed by atoms with Crippen molar-refractivity contribution in [1.29, 1.82) is 0 Å². The molecule has 1 aliphatic carbocycles. The van der Waals surface area contributed by atoms with Crippen LogP contribution in [0.4, 0.5) is 0 Å². The molecule has 3 unspecified atom stereocenters. The van der Waals surface area contributed by atoms with Gasteiger partial charge in [0.25, 0.3) is 5.78 Å². The fourth-order valence-electron chi connectivity index (χ4n) is 3.97. The van der Waals surface area contributed by atoms with Crippen molar-refractivity contribution in [2.24, 2.45) is 5.92 Å². The molecule has 186 valence electrons. The highest BCUT2D eigenvalue weighted by Gasteiger charge is 2.43. The Kier molecular flexibility index (Phi) is 10.5. The molecule has 1 aliphatic heterocycles. The van der Waals surface area contributed by atoms with Crippen LogP contribution in [0.15, 0.2) is 45.8 Å². The average Bonchev–Trinajstić information content (AvgIpc) is 3.57. The molecule has 1 amide bonds. The van der Waals surface area contributed by atoms with E-state index in [0.717, 1.165) is 49.6 Å². The molecule has 1 heterocycles. The molecule has 0 radical (unpaired) electrons. The van der Waals surface area contributed by atoms with Crippen molar-refractivity contribution in [3.8, 4) is 0 Å². The van der Waals surface area contributed by atoms with Gasteiger partial charge in [0.15, 0.2) is 11.1 Å². The lowest BCUT2D eigenvalue weighted by atomic mass is 10.1. The molecule has 2 aliphatic rings. The number of ether oxygens (including phenoxy) is 1. The van der Waals surface area contributed by atoms with Crippen LogP contribution in [0.3, 0.4) is 0 Å². The van der Waals surface area contributed by atoms with Gasteiger partial charge in [-0.25, -0.2) is 9.00 Å². The summed E-state index contributed by atoms with van der Waals surface area (Å²) in [6, 6.07) is 5.91. The zero-order valence-electron chi connectivity index (χ0n) is 19.5. The van der Waals surface area contributed by atoms with Crippen molar-refractivity contribution in [3.05, 3.63) is 40.9 Å². The van der Waals surface area contributed by atoms with Gasteiger partial charge in [0, 0.05) is 23.9 Å². The molecular formula is C25H32BrNO6S. The Labute approximate surface area is 212 Å². The molecule has 3 rings (SSSR count). The molecule has 0 aromatic heterocycles. The second-order valence-electron chi connectivity index (χ2n) is 8.78. The van der Waals surface area contributed by atoms with Gasteiger partial charge < -0.3 is 9.64 Å². The number of Topliss-reactive ketones (excluding diaryl/α,β-unsaturated/α-hetero) is 1. The number of carbonyl (C=O) groups is 3. The standard InChI is InChI=1S/C25H32BrNO6S/c1-32-25(30)24(29)22-16-20(33-34(31)21-14-12-19(26)13-15-21)17-27(22)23(28)9-7-5-3-2-4-6-8-18-10-11-18/h6,8,12-15,18,20,22H,2-5,7,9-11,16-17H2,1H3/b8-6-. The Morgan fingerprint density at radius 3 is 2.50 bits per heavy atom. The summed E-state index contributed by atoms with van der Waals surface area (Å²) in [5, 5.41) is 0. The van der Waals surface area contributed by atoms with Crippen molar-refractivity contribution in [1.82, 2.24) is 4.90 Å². The van der Waals surface area contributed by atoms with E-state index in [1.807, 2.05) is 0 Å². The zero-order chi connectivity index (χ0) is 24.5. The van der Waals surface area contributed by atoms with Crippen LogP contribution in [0.5, 0.6) is 0 Å². The quantitative estimate of drug-likeness (QED) is 0.154. The number of hydrogen-bond acceptors (Lipinski definition) is 6. The number of rotatable bonds is 13. The number of hydrogen-bond donors (Lipinski definition) is 0. The zero-order valence-corrected chi connectivity index (χ0v) is 21.9. The molecular weight excluding hydrogens is 522 g/mol. The fraction of sp³-hybridized carbons (Fsp3) is 0.560. The first kappa shape index (κ1) is 26.8. The number of benzene rings is 1. The van der Waals surface area contributed by atoms with Crippen LogP contribution in [0.1, 0.15) is 57.8 Å². The molecule has 34 heavy (non-hydrogen) atoms. The molecule has 0 bridgehead atoms. The minimum absolute atomic E-state index is 0.106. The topological polar surface area (TPSA) is 90.0 Å². The van der Waals surface area contributed by atoms with Gasteiger partial charge in [0.1, 0.15) is 6.04 Å². The van der Waals surface area contributed by atoms with Crippen molar-refractivity contribution in [2.45, 2.75) is 74.8 Å². The van der Waals surface area contributed by atoms with Gasteiger partial charge in [-0.2, -0.15) is 0 Å². The second-order valence-corrected chi connectivity index (χ2v) is 10.8. The van der Waals surface area contributed by atoms with E-state index in [9.17, 15) is 18.6 Å². The number of amides is 1. The van der Waals surface area contributed by atoms with Gasteiger partial charge in [-0.15, -0.1) is 0 Å². The number of likely N-dealkylation sites (tertiary alicyclic amines) is 1. The third-order valence-corrected chi connectivity index (χ3v) is 7.68. The lowest BCUT2D eigenvalue weighted by Gasteiger charge is -2.22. The predicted octanol–water partition coefficient (Wildman–Crippen LogP) is 4.51. The van der Waals surface area contributed by atoms with Gasteiger partial charge in [-0.3, -0.25) is 13.8 Å². The SMILES string of the molecule is COC(=O)C(=O)C1CC(OS(=O)c2ccc(Br)cc2)CN1C(=O)CCCCCC/C=C\C1CC1. The van der Waals surface area contributed by atoms with E-state index in [0.29, 0.717) is 11.3 Å². The van der Waals surface area contributed by atoms with Crippen molar-refractivity contribution in [3.63, 3.8) is 0 Å². The first-order valence-corrected chi connectivity index (χ1v) is 13.7. The van der Waals surface area contributed by atoms with Crippen molar-refractivity contribution < 1.29 is 27.5 Å². The Morgan fingerprint density at radius 1 is 1.12 bits per heavy atom. The maximum absolute atomic E-state index is 12.9. The third-order valence-electron chi connectivity index (χ3n) is 6.04. The van der Waals surface area contributed by atoms with Gasteiger partial charge in [-0.1, -0.05) is 40.9 Å². The number of carbonyl (C=O) groups excluding carboxylic acids is 3. The van der Waals surface area contributed by atoms with Gasteiger partial charge in [-0.05, 0) is 62.3 Å². The van der Waals surface area contributed by atoms with Gasteiger partial charge in [0.05, 0.1) is 18.1 Å². The Morgan fingerprint density at radius 2 is 1.82 bits per heavy atom. The number of allylic oxidation sites excluding steroid dienone is 2. The summed E-state index contributed by atoms with van der Waals surface area (Å²) < 4.78 is 23.7. The second kappa shape index (κ2) is 13.3. The van der Waals surface area contributed by atoms with E-state index >= 15 is 0 Å². The predicted molar refractivity (Wildman–Crippen MR) is 132 cm³/mol. The fourth-order valence-corrected chi connectivity index (χ4v) is 5.09. The van der Waals surface area contributed by atoms with E-state index in [1.165, 1.54) is 17.7 Å². The minimum atomic E-state index is -1.75. The smallest absolute Gasteiger partial charge is 0.376 e. The van der Waals surface area contributed by atoms with Crippen molar-refractivity contribution >= 4 is 44.7 Å². The minimum Gasteiger partial charge on any atom is -0.463 e. The molecule has 7 nitrogen and oxygen atoms in total. The van der Waals surface area contributed by atoms with Crippen LogP contribution in [0, 0.1) is 5.92 Å². The number of halogens is 1. The van der Waals surface area contributed by atoms with Crippen LogP contribution < -0.4 is 0 Å². The molecule has 9 heteroatoms. The number of ketones is 1. The summed E-state index contributed by atoms with van der Waals surface area (Å²) in [6.07, 6.45) is 11.9. The van der Waals surface area contributed by atoms with Crippen LogP contribution in [-0.4, -0.2) is 52.6 Å². The van der Waals surface area contributed by atoms with E-state index in [2.05, 4.69) is 32.8 Å². The van der Waals surface area contributed by atoms with Crippen molar-refractivity contribution in [2.75, 3.05) is 13.7 Å². The number of methoxy groups -OCH3 is 1. The van der Waals surface area contributed by atoms with E-state index in [-0.39, 0.29) is 18.9 Å². The Balaban J connectivity index is 1.50. The maximum Gasteiger partial charge on any atom is 0.376 e. The summed E-state index contributed by atoms with van der Waals surface area (Å²) in [6.45, 7) is 0.112. The maximum atomic E-state index is 12.9. The summed E-state index contributed by atoms with van der Waals surface area (Å²) >= 11 is 1.58. The molecule has 1 aromatic rings. The van der Waals surface area contributed by atoms with Crippen LogP contribution in [0.2, 0.25) is 0 Å². The summed E-state index contributed by atoms with van der Waals surface area (Å²) in [5.74, 6) is -1.16. The highest BCUT2D eigenvalue weighted by atomic mass is 79.9. The molecule has 1 saturated carbocycles. The van der Waals surface area contributed by atoms with E-state index in [1.54, 1.807) is 24.3 Å². The molecule has 1 aromatic carbocycles. The van der Waals surface area contributed by atoms with Gasteiger partial charge in [0.2, 0.25) is 5.91 Å². The normalized spacial score (nSPS) is 21.1. The molecule has 1 saturated heterocycles. The Hall–Kier alpha value is -1.84. The van der Waals surface area contributed by atoms with Crippen LogP contribution in [-0.2, 0) is 34.4 Å². The highest BCUT2D eigenvalue weighted by Crippen LogP contribution is 2.30. The van der Waals surface area contributed by atoms with E-state index in [4.69, 9.17) is 4.18 Å². The van der Waals surface area contributed by atoms with Gasteiger partial charge >= 0.3 is 5.97 Å². The number of unbranched alkanes of at least 4 members (excludes halogenated alkanes) is 4. The van der Waals surface area contributed by atoms with Crippen LogP contribution >= 0.6 is 15.9 Å². The third kappa shape index (κ3) is 8.13.